The van der Waals surface area contributed by atoms with Crippen molar-refractivity contribution in [3.63, 3.8) is 0 Å². The molecule has 2 heterocycles. The summed E-state index contributed by atoms with van der Waals surface area (Å²) in [6, 6.07) is 0. The zero-order valence-electron chi connectivity index (χ0n) is 11.1. The number of fused-ring (bicyclic) bond motifs is 1. The second kappa shape index (κ2) is 4.53. The number of rotatable bonds is 5. The minimum absolute atomic E-state index is 0.837. The summed E-state index contributed by atoms with van der Waals surface area (Å²) in [4.78, 5) is 3.32. The van der Waals surface area contributed by atoms with Gasteiger partial charge in [-0.2, -0.15) is 5.10 Å². The maximum absolute atomic E-state index is 5.43. The SMILES string of the molecule is CCc1nn(C)c2c1[nH]c(=S)n2CCCC1CC1. The topological polar surface area (TPSA) is 38.5 Å². The minimum atomic E-state index is 0.837. The molecule has 0 radical (unpaired) electrons. The molecule has 0 amide bonds. The summed E-state index contributed by atoms with van der Waals surface area (Å²) in [5.41, 5.74) is 3.38. The monoisotopic (exact) mass is 264 g/mol. The molecule has 0 atom stereocenters. The summed E-state index contributed by atoms with van der Waals surface area (Å²) in [5, 5.41) is 4.54. The maximum atomic E-state index is 5.43. The molecule has 1 saturated carbocycles. The molecule has 0 aromatic carbocycles. The summed E-state index contributed by atoms with van der Waals surface area (Å²) in [5.74, 6) is 0.992. The third kappa shape index (κ3) is 2.00. The lowest BCUT2D eigenvalue weighted by Crippen LogP contribution is -2.03. The van der Waals surface area contributed by atoms with Crippen molar-refractivity contribution >= 4 is 23.4 Å². The molecule has 3 rings (SSSR count). The van der Waals surface area contributed by atoms with E-state index in [4.69, 9.17) is 12.2 Å². The highest BCUT2D eigenvalue weighted by Crippen LogP contribution is 2.33. The summed E-state index contributed by atoms with van der Waals surface area (Å²) in [6.45, 7) is 3.14. The van der Waals surface area contributed by atoms with Crippen LogP contribution < -0.4 is 0 Å². The van der Waals surface area contributed by atoms with Gasteiger partial charge in [-0.15, -0.1) is 0 Å². The lowest BCUT2D eigenvalue weighted by atomic mass is 10.2. The van der Waals surface area contributed by atoms with Gasteiger partial charge in [-0.3, -0.25) is 4.68 Å². The van der Waals surface area contributed by atoms with Crippen molar-refractivity contribution in [2.45, 2.75) is 45.6 Å². The Balaban J connectivity index is 1.91. The van der Waals surface area contributed by atoms with Crippen LogP contribution in [-0.4, -0.2) is 19.3 Å². The normalized spacial score (nSPS) is 15.7. The maximum Gasteiger partial charge on any atom is 0.179 e. The summed E-state index contributed by atoms with van der Waals surface area (Å²) in [7, 11) is 2.00. The Morgan fingerprint density at radius 3 is 2.89 bits per heavy atom. The number of aryl methyl sites for hydroxylation is 3. The summed E-state index contributed by atoms with van der Waals surface area (Å²) < 4.78 is 5.00. The van der Waals surface area contributed by atoms with E-state index < -0.39 is 0 Å². The Morgan fingerprint density at radius 2 is 2.22 bits per heavy atom. The molecule has 0 unspecified atom stereocenters. The Morgan fingerprint density at radius 1 is 1.44 bits per heavy atom. The highest BCUT2D eigenvalue weighted by atomic mass is 32.1. The Kier molecular flexibility index (Phi) is 3.01. The van der Waals surface area contributed by atoms with E-state index >= 15 is 0 Å². The van der Waals surface area contributed by atoms with E-state index in [1.165, 1.54) is 25.7 Å². The number of aromatic nitrogens is 4. The number of hydrogen-bond acceptors (Lipinski definition) is 2. The molecule has 0 bridgehead atoms. The van der Waals surface area contributed by atoms with Gasteiger partial charge >= 0.3 is 0 Å². The molecule has 2 aromatic heterocycles. The van der Waals surface area contributed by atoms with Crippen molar-refractivity contribution in [3.05, 3.63) is 10.5 Å². The molecule has 5 heteroatoms. The molecule has 0 saturated heterocycles. The molecule has 2 aromatic rings. The van der Waals surface area contributed by atoms with Crippen LogP contribution in [0.4, 0.5) is 0 Å². The molecule has 1 aliphatic carbocycles. The number of hydrogen-bond donors (Lipinski definition) is 1. The fraction of sp³-hybridized carbons (Fsp3) is 0.692. The van der Waals surface area contributed by atoms with Gasteiger partial charge in [0.25, 0.3) is 0 Å². The van der Waals surface area contributed by atoms with Crippen LogP contribution in [0.5, 0.6) is 0 Å². The second-order valence-electron chi connectivity index (χ2n) is 5.29. The van der Waals surface area contributed by atoms with E-state index in [0.29, 0.717) is 0 Å². The van der Waals surface area contributed by atoms with Crippen LogP contribution in [0.2, 0.25) is 0 Å². The molecule has 1 aliphatic rings. The zero-order chi connectivity index (χ0) is 12.7. The van der Waals surface area contributed by atoms with Crippen molar-refractivity contribution in [2.75, 3.05) is 0 Å². The lowest BCUT2D eigenvalue weighted by Gasteiger charge is -2.04. The van der Waals surface area contributed by atoms with Gasteiger partial charge in [-0.1, -0.05) is 19.8 Å². The van der Waals surface area contributed by atoms with Crippen molar-refractivity contribution in [1.82, 2.24) is 19.3 Å². The number of imidazole rings is 1. The van der Waals surface area contributed by atoms with Gasteiger partial charge in [0, 0.05) is 13.6 Å². The molecular formula is C13H20N4S. The van der Waals surface area contributed by atoms with Crippen LogP contribution >= 0.6 is 12.2 Å². The molecule has 98 valence electrons. The van der Waals surface area contributed by atoms with E-state index in [0.717, 1.165) is 40.5 Å². The predicted octanol–water partition coefficient (Wildman–Crippen LogP) is 3.18. The van der Waals surface area contributed by atoms with E-state index in [9.17, 15) is 0 Å². The van der Waals surface area contributed by atoms with Gasteiger partial charge < -0.3 is 9.55 Å². The predicted molar refractivity (Wildman–Crippen MR) is 75.2 cm³/mol. The first-order valence-corrected chi connectivity index (χ1v) is 7.26. The smallest absolute Gasteiger partial charge is 0.179 e. The minimum Gasteiger partial charge on any atom is -0.328 e. The van der Waals surface area contributed by atoms with Gasteiger partial charge in [0.2, 0.25) is 0 Å². The van der Waals surface area contributed by atoms with Crippen LogP contribution in [0, 0.1) is 10.7 Å². The largest absolute Gasteiger partial charge is 0.328 e. The van der Waals surface area contributed by atoms with Crippen LogP contribution in [0.25, 0.3) is 11.2 Å². The van der Waals surface area contributed by atoms with E-state index in [-0.39, 0.29) is 0 Å². The van der Waals surface area contributed by atoms with Crippen LogP contribution in [0.1, 0.15) is 38.3 Å². The molecular weight excluding hydrogens is 244 g/mol. The first-order chi connectivity index (χ1) is 8.70. The van der Waals surface area contributed by atoms with Gasteiger partial charge in [-0.25, -0.2) is 0 Å². The fourth-order valence-corrected chi connectivity index (χ4v) is 2.96. The third-order valence-electron chi connectivity index (χ3n) is 3.85. The van der Waals surface area contributed by atoms with Crippen LogP contribution in [-0.2, 0) is 20.0 Å². The second-order valence-corrected chi connectivity index (χ2v) is 5.68. The standard InChI is InChI=1S/C13H20N4S/c1-3-10-11-12(16(2)15-10)17(13(18)14-11)8-4-5-9-6-7-9/h9H,3-8H2,1-2H3,(H,14,18). The van der Waals surface area contributed by atoms with Crippen molar-refractivity contribution in [1.29, 1.82) is 0 Å². The van der Waals surface area contributed by atoms with Gasteiger partial charge in [0.15, 0.2) is 10.4 Å². The first kappa shape index (κ1) is 12.0. The Bertz CT molecular complexity index is 615. The van der Waals surface area contributed by atoms with Crippen LogP contribution in [0.3, 0.4) is 0 Å². The Hall–Kier alpha value is -1.10. The summed E-state index contributed by atoms with van der Waals surface area (Å²) in [6.07, 6.45) is 6.36. The van der Waals surface area contributed by atoms with E-state index in [1.807, 2.05) is 11.7 Å². The highest BCUT2D eigenvalue weighted by molar-refractivity contribution is 7.71. The third-order valence-corrected chi connectivity index (χ3v) is 4.17. The average molecular weight is 264 g/mol. The van der Waals surface area contributed by atoms with Crippen molar-refractivity contribution in [2.24, 2.45) is 13.0 Å². The van der Waals surface area contributed by atoms with Crippen molar-refractivity contribution < 1.29 is 0 Å². The highest BCUT2D eigenvalue weighted by Gasteiger charge is 2.21. The number of nitrogens with one attached hydrogen (secondary N) is 1. The number of nitrogens with zero attached hydrogens (tertiary/aromatic N) is 3. The van der Waals surface area contributed by atoms with E-state index in [1.54, 1.807) is 0 Å². The van der Waals surface area contributed by atoms with Crippen molar-refractivity contribution in [3.8, 4) is 0 Å². The first-order valence-electron chi connectivity index (χ1n) is 6.85. The van der Waals surface area contributed by atoms with Gasteiger partial charge in [-0.05, 0) is 37.4 Å². The average Bonchev–Trinajstić information content (AvgIpc) is 3.04. The molecule has 1 fully saturated rings. The fourth-order valence-electron chi connectivity index (χ4n) is 2.68. The summed E-state index contributed by atoms with van der Waals surface area (Å²) >= 11 is 5.43. The Labute approximate surface area is 112 Å². The molecule has 18 heavy (non-hydrogen) atoms. The molecule has 0 spiro atoms. The van der Waals surface area contributed by atoms with Gasteiger partial charge in [0.1, 0.15) is 5.52 Å². The van der Waals surface area contributed by atoms with Crippen LogP contribution in [0.15, 0.2) is 0 Å². The molecule has 0 aliphatic heterocycles. The number of H-pyrrole nitrogens is 1. The molecule has 1 N–H and O–H groups in total. The van der Waals surface area contributed by atoms with E-state index in [2.05, 4.69) is 21.6 Å². The number of aromatic amines is 1. The zero-order valence-corrected chi connectivity index (χ0v) is 11.9. The quantitative estimate of drug-likeness (QED) is 0.842. The van der Waals surface area contributed by atoms with Gasteiger partial charge in [0.05, 0.1) is 5.69 Å². The lowest BCUT2D eigenvalue weighted by molar-refractivity contribution is 0.571. The molecule has 4 nitrogen and oxygen atoms in total.